The van der Waals surface area contributed by atoms with Crippen LogP contribution in [0.5, 0.6) is 0 Å². The van der Waals surface area contributed by atoms with Crippen LogP contribution < -0.4 is 10.6 Å². The number of hydrogen-bond donors (Lipinski definition) is 2. The zero-order chi connectivity index (χ0) is 23.9. The molecule has 1 saturated carbocycles. The Morgan fingerprint density at radius 3 is 2.21 bits per heavy atom. The van der Waals surface area contributed by atoms with Crippen molar-refractivity contribution in [3.63, 3.8) is 0 Å². The normalized spacial score (nSPS) is 19.2. The van der Waals surface area contributed by atoms with Gasteiger partial charge >= 0.3 is 0 Å². The number of benzene rings is 3. The Morgan fingerprint density at radius 2 is 1.55 bits per heavy atom. The summed E-state index contributed by atoms with van der Waals surface area (Å²) in [5.41, 5.74) is 0.838. The maximum atomic E-state index is 13.9. The molecule has 0 saturated heterocycles. The standard InChI is InChI=1S/C23H14Cl4F2N2O2/c24-11-5-10(6-12(25)7-11)19-20(21(19)27)23(33)30-14-2-3-16(26)15(9-14)22(32)31-18-4-1-13(28)8-17(18)29/h1-9,19-21H,(H,30,33)(H,31,32)/t19?,20?,21-/m0/s1. The molecule has 0 heterocycles. The van der Waals surface area contributed by atoms with Crippen LogP contribution in [-0.4, -0.2) is 17.2 Å². The van der Waals surface area contributed by atoms with Crippen LogP contribution in [0, 0.1) is 17.6 Å². The van der Waals surface area contributed by atoms with Crippen LogP contribution in [0.4, 0.5) is 20.2 Å². The lowest BCUT2D eigenvalue weighted by Crippen LogP contribution is -2.17. The number of anilines is 2. The van der Waals surface area contributed by atoms with Gasteiger partial charge in [-0.3, -0.25) is 9.59 Å². The molecule has 1 aliphatic carbocycles. The van der Waals surface area contributed by atoms with E-state index in [-0.39, 0.29) is 28.1 Å². The number of hydrogen-bond acceptors (Lipinski definition) is 2. The van der Waals surface area contributed by atoms with Crippen molar-refractivity contribution in [3.8, 4) is 0 Å². The van der Waals surface area contributed by atoms with Crippen LogP contribution in [0.1, 0.15) is 21.8 Å². The Balaban J connectivity index is 1.48. The second-order valence-corrected chi connectivity index (χ2v) is 9.24. The molecule has 4 rings (SSSR count). The van der Waals surface area contributed by atoms with Crippen molar-refractivity contribution < 1.29 is 18.4 Å². The van der Waals surface area contributed by atoms with Gasteiger partial charge in [-0.15, -0.1) is 11.6 Å². The third-order valence-corrected chi connectivity index (χ3v) is 6.47. The fourth-order valence-electron chi connectivity index (χ4n) is 3.52. The summed E-state index contributed by atoms with van der Waals surface area (Å²) in [6.07, 6.45) is 0. The minimum absolute atomic E-state index is 0.00501. The van der Waals surface area contributed by atoms with Crippen LogP contribution in [0.2, 0.25) is 15.1 Å². The van der Waals surface area contributed by atoms with Crippen molar-refractivity contribution >= 4 is 69.6 Å². The largest absolute Gasteiger partial charge is 0.326 e. The quantitative estimate of drug-likeness (QED) is 0.345. The van der Waals surface area contributed by atoms with Crippen molar-refractivity contribution in [1.82, 2.24) is 0 Å². The van der Waals surface area contributed by atoms with E-state index in [0.29, 0.717) is 21.8 Å². The zero-order valence-corrected chi connectivity index (χ0v) is 19.5. The molecule has 0 aromatic heterocycles. The van der Waals surface area contributed by atoms with Crippen LogP contribution in [0.25, 0.3) is 0 Å². The predicted octanol–water partition coefficient (Wildman–Crippen LogP) is 7.14. The van der Waals surface area contributed by atoms with E-state index < -0.39 is 28.8 Å². The molecule has 170 valence electrons. The maximum absolute atomic E-state index is 13.9. The number of alkyl halides is 1. The van der Waals surface area contributed by atoms with Crippen LogP contribution >= 0.6 is 46.4 Å². The van der Waals surface area contributed by atoms with Crippen molar-refractivity contribution in [1.29, 1.82) is 0 Å². The monoisotopic (exact) mass is 528 g/mol. The van der Waals surface area contributed by atoms with Crippen LogP contribution in [-0.2, 0) is 4.79 Å². The third kappa shape index (κ3) is 5.25. The molecule has 2 unspecified atom stereocenters. The second kappa shape index (κ2) is 9.47. The number of nitrogens with one attached hydrogen (secondary N) is 2. The molecule has 3 atom stereocenters. The van der Waals surface area contributed by atoms with E-state index in [1.165, 1.54) is 18.2 Å². The Bertz CT molecular complexity index is 1250. The first-order chi connectivity index (χ1) is 15.6. The second-order valence-electron chi connectivity index (χ2n) is 7.46. The minimum Gasteiger partial charge on any atom is -0.326 e. The van der Waals surface area contributed by atoms with Crippen LogP contribution in [0.3, 0.4) is 0 Å². The fraction of sp³-hybridized carbons (Fsp3) is 0.130. The van der Waals surface area contributed by atoms with Gasteiger partial charge in [-0.1, -0.05) is 34.8 Å². The molecule has 0 bridgehead atoms. The molecule has 2 N–H and O–H groups in total. The van der Waals surface area contributed by atoms with E-state index in [1.807, 2.05) is 0 Å². The van der Waals surface area contributed by atoms with Gasteiger partial charge in [0.1, 0.15) is 11.6 Å². The minimum atomic E-state index is -0.932. The van der Waals surface area contributed by atoms with Crippen molar-refractivity contribution in [2.24, 2.45) is 5.92 Å². The van der Waals surface area contributed by atoms with Gasteiger partial charge in [0, 0.05) is 27.7 Å². The molecular formula is C23H14Cl4F2N2O2. The Kier molecular flexibility index (Phi) is 6.82. The SMILES string of the molecule is O=C(Nc1ccc(F)cc1F)c1cc(NC(=O)C2C(c3cc(Cl)cc(Cl)c3)[C@@H]2Cl)ccc1Cl. The number of carbonyl (C=O) groups excluding carboxylic acids is 2. The molecule has 3 aromatic carbocycles. The predicted molar refractivity (Wildman–Crippen MR) is 127 cm³/mol. The van der Waals surface area contributed by atoms with Gasteiger partial charge in [0.15, 0.2) is 0 Å². The van der Waals surface area contributed by atoms with Crippen molar-refractivity contribution in [2.45, 2.75) is 11.3 Å². The summed E-state index contributed by atoms with van der Waals surface area (Å²) in [5, 5.41) is 5.57. The van der Waals surface area contributed by atoms with Gasteiger partial charge in [0.05, 0.1) is 27.6 Å². The molecule has 1 fully saturated rings. The summed E-state index contributed by atoms with van der Waals surface area (Å²) in [6, 6.07) is 12.1. The lowest BCUT2D eigenvalue weighted by Gasteiger charge is -2.11. The number of halogens is 6. The molecule has 3 aromatic rings. The lowest BCUT2D eigenvalue weighted by molar-refractivity contribution is -0.117. The highest BCUT2D eigenvalue weighted by Gasteiger charge is 2.54. The summed E-state index contributed by atoms with van der Waals surface area (Å²) >= 11 is 24.6. The van der Waals surface area contributed by atoms with E-state index >= 15 is 0 Å². The summed E-state index contributed by atoms with van der Waals surface area (Å²) in [6.45, 7) is 0. The first-order valence-corrected chi connectivity index (χ1v) is 11.2. The Hall–Kier alpha value is -2.38. The van der Waals surface area contributed by atoms with E-state index in [0.717, 1.165) is 17.7 Å². The average Bonchev–Trinajstić information content (AvgIpc) is 3.42. The third-order valence-electron chi connectivity index (χ3n) is 5.16. The topological polar surface area (TPSA) is 58.2 Å². The van der Waals surface area contributed by atoms with E-state index in [9.17, 15) is 18.4 Å². The first kappa shape index (κ1) is 23.8. The van der Waals surface area contributed by atoms with E-state index in [1.54, 1.807) is 18.2 Å². The molecule has 0 aliphatic heterocycles. The average molecular weight is 530 g/mol. The van der Waals surface area contributed by atoms with Gasteiger partial charge < -0.3 is 10.6 Å². The summed E-state index contributed by atoms with van der Waals surface area (Å²) in [4.78, 5) is 25.4. The zero-order valence-electron chi connectivity index (χ0n) is 16.5. The lowest BCUT2D eigenvalue weighted by atomic mass is 10.1. The van der Waals surface area contributed by atoms with Gasteiger partial charge in [-0.2, -0.15) is 0 Å². The molecule has 2 amide bonds. The van der Waals surface area contributed by atoms with Gasteiger partial charge in [-0.25, -0.2) is 8.78 Å². The van der Waals surface area contributed by atoms with Gasteiger partial charge in [0.25, 0.3) is 5.91 Å². The molecular weight excluding hydrogens is 516 g/mol. The van der Waals surface area contributed by atoms with Gasteiger partial charge in [-0.05, 0) is 54.1 Å². The van der Waals surface area contributed by atoms with E-state index in [2.05, 4.69) is 10.6 Å². The molecule has 33 heavy (non-hydrogen) atoms. The smallest absolute Gasteiger partial charge is 0.257 e. The van der Waals surface area contributed by atoms with Crippen molar-refractivity contribution in [2.75, 3.05) is 10.6 Å². The highest BCUT2D eigenvalue weighted by atomic mass is 35.5. The van der Waals surface area contributed by atoms with Gasteiger partial charge in [0.2, 0.25) is 5.91 Å². The summed E-state index contributed by atoms with van der Waals surface area (Å²) in [7, 11) is 0. The number of amides is 2. The first-order valence-electron chi connectivity index (χ1n) is 9.61. The molecule has 10 heteroatoms. The molecule has 0 spiro atoms. The van der Waals surface area contributed by atoms with E-state index in [4.69, 9.17) is 46.4 Å². The summed E-state index contributed by atoms with van der Waals surface area (Å²) in [5.74, 6) is -3.58. The number of rotatable bonds is 5. The number of carbonyl (C=O) groups is 2. The fourth-order valence-corrected chi connectivity index (χ4v) is 4.76. The summed E-state index contributed by atoms with van der Waals surface area (Å²) < 4.78 is 26.9. The maximum Gasteiger partial charge on any atom is 0.257 e. The van der Waals surface area contributed by atoms with Crippen molar-refractivity contribution in [3.05, 3.63) is 92.4 Å². The highest BCUT2D eigenvalue weighted by Crippen LogP contribution is 2.53. The molecule has 0 radical (unpaired) electrons. The highest BCUT2D eigenvalue weighted by molar-refractivity contribution is 6.35. The van der Waals surface area contributed by atoms with Crippen LogP contribution in [0.15, 0.2) is 54.6 Å². The Labute approximate surface area is 207 Å². The molecule has 1 aliphatic rings. The Morgan fingerprint density at radius 1 is 0.848 bits per heavy atom. The molecule has 4 nitrogen and oxygen atoms in total.